The Hall–Kier alpha value is -0.320. The highest BCUT2D eigenvalue weighted by atomic mass is 35.5. The van der Waals surface area contributed by atoms with Crippen LogP contribution in [0, 0.1) is 11.8 Å². The van der Waals surface area contributed by atoms with E-state index in [1.807, 2.05) is 0 Å². The zero-order chi connectivity index (χ0) is 13.3. The highest BCUT2D eigenvalue weighted by Crippen LogP contribution is 2.02. The van der Waals surface area contributed by atoms with Gasteiger partial charge >= 0.3 is 0 Å². The van der Waals surface area contributed by atoms with Gasteiger partial charge in [-0.25, -0.2) is 0 Å². The average Bonchev–Trinajstić information content (AvgIpc) is 2.21. The van der Waals surface area contributed by atoms with Crippen molar-refractivity contribution >= 4 is 18.3 Å². The molecule has 0 radical (unpaired) electrons. The second-order valence-electron chi connectivity index (χ2n) is 5.32. The van der Waals surface area contributed by atoms with E-state index in [0.717, 1.165) is 19.4 Å². The van der Waals surface area contributed by atoms with Crippen LogP contribution in [0.3, 0.4) is 0 Å². The molecule has 110 valence electrons. The predicted molar refractivity (Wildman–Crippen MR) is 78.0 cm³/mol. The van der Waals surface area contributed by atoms with Crippen molar-refractivity contribution in [2.45, 2.75) is 46.6 Å². The molecule has 3 N–H and O–H groups in total. The van der Waals surface area contributed by atoms with Crippen LogP contribution in [0.4, 0.5) is 0 Å². The van der Waals surface area contributed by atoms with Crippen LogP contribution in [-0.2, 0) is 9.53 Å². The first-order valence-corrected chi connectivity index (χ1v) is 6.54. The summed E-state index contributed by atoms with van der Waals surface area (Å²) in [6, 6.07) is -0.398. The van der Waals surface area contributed by atoms with Gasteiger partial charge in [0.15, 0.2) is 0 Å². The van der Waals surface area contributed by atoms with Gasteiger partial charge in [0, 0.05) is 13.2 Å². The molecular weight excluding hydrogens is 252 g/mol. The maximum atomic E-state index is 11.5. The van der Waals surface area contributed by atoms with Crippen molar-refractivity contribution in [2.75, 3.05) is 19.8 Å². The maximum Gasteiger partial charge on any atom is 0.237 e. The van der Waals surface area contributed by atoms with Gasteiger partial charge in [-0.2, -0.15) is 0 Å². The van der Waals surface area contributed by atoms with Gasteiger partial charge in [-0.15, -0.1) is 12.4 Å². The van der Waals surface area contributed by atoms with Gasteiger partial charge in [-0.3, -0.25) is 4.79 Å². The van der Waals surface area contributed by atoms with Crippen LogP contribution in [0.2, 0.25) is 0 Å². The van der Waals surface area contributed by atoms with Crippen molar-refractivity contribution < 1.29 is 9.53 Å². The van der Waals surface area contributed by atoms with E-state index in [9.17, 15) is 4.79 Å². The lowest BCUT2D eigenvalue weighted by molar-refractivity contribution is -0.122. The number of halogens is 1. The average molecular weight is 281 g/mol. The van der Waals surface area contributed by atoms with Gasteiger partial charge in [-0.05, 0) is 24.7 Å². The van der Waals surface area contributed by atoms with Crippen LogP contribution < -0.4 is 11.1 Å². The largest absolute Gasteiger partial charge is 0.380 e. The molecule has 0 rings (SSSR count). The minimum atomic E-state index is -0.398. The lowest BCUT2D eigenvalue weighted by atomic mass is 10.0. The van der Waals surface area contributed by atoms with Gasteiger partial charge in [0.2, 0.25) is 5.91 Å². The zero-order valence-corrected chi connectivity index (χ0v) is 12.9. The minimum absolute atomic E-state index is 0. The van der Waals surface area contributed by atoms with E-state index in [1.54, 1.807) is 0 Å². The number of ether oxygens (including phenoxy) is 1. The van der Waals surface area contributed by atoms with Crippen LogP contribution in [-0.4, -0.2) is 31.7 Å². The van der Waals surface area contributed by atoms with E-state index in [4.69, 9.17) is 10.5 Å². The molecule has 18 heavy (non-hydrogen) atoms. The summed E-state index contributed by atoms with van der Waals surface area (Å²) < 4.78 is 5.40. The van der Waals surface area contributed by atoms with Crippen LogP contribution >= 0.6 is 12.4 Å². The van der Waals surface area contributed by atoms with Crippen molar-refractivity contribution in [3.05, 3.63) is 0 Å². The number of amides is 1. The Morgan fingerprint density at radius 3 is 2.28 bits per heavy atom. The fourth-order valence-corrected chi connectivity index (χ4v) is 1.41. The molecule has 0 saturated heterocycles. The summed E-state index contributed by atoms with van der Waals surface area (Å²) in [6.07, 6.45) is 1.78. The number of nitrogens with one attached hydrogen (secondary N) is 1. The second kappa shape index (κ2) is 11.8. The molecule has 0 aromatic rings. The number of carbonyl (C=O) groups excluding carboxylic acids is 1. The first-order valence-electron chi connectivity index (χ1n) is 6.54. The highest BCUT2D eigenvalue weighted by Gasteiger charge is 2.13. The number of rotatable bonds is 9. The molecule has 5 heteroatoms. The number of hydrogen-bond acceptors (Lipinski definition) is 3. The molecule has 0 unspecified atom stereocenters. The summed E-state index contributed by atoms with van der Waals surface area (Å²) in [4.78, 5) is 11.5. The predicted octanol–water partition coefficient (Wildman–Crippen LogP) is 1.96. The molecule has 0 fully saturated rings. The second-order valence-corrected chi connectivity index (χ2v) is 5.32. The van der Waals surface area contributed by atoms with E-state index in [-0.39, 0.29) is 18.3 Å². The molecule has 1 amide bonds. The molecule has 0 saturated carbocycles. The van der Waals surface area contributed by atoms with Crippen molar-refractivity contribution in [3.8, 4) is 0 Å². The third kappa shape index (κ3) is 12.1. The SMILES string of the molecule is CC(C)CCOCCNC(=O)[C@@H](N)CC(C)C.Cl. The highest BCUT2D eigenvalue weighted by molar-refractivity contribution is 5.85. The normalized spacial score (nSPS) is 12.4. The van der Waals surface area contributed by atoms with Gasteiger partial charge in [0.1, 0.15) is 0 Å². The third-order valence-electron chi connectivity index (χ3n) is 2.45. The molecule has 0 aromatic heterocycles. The van der Waals surface area contributed by atoms with E-state index >= 15 is 0 Å². The molecule has 0 spiro atoms. The van der Waals surface area contributed by atoms with Gasteiger partial charge in [-0.1, -0.05) is 27.7 Å². The van der Waals surface area contributed by atoms with E-state index in [1.165, 1.54) is 0 Å². The Balaban J connectivity index is 0. The Morgan fingerprint density at radius 1 is 1.17 bits per heavy atom. The molecule has 1 atom stereocenters. The van der Waals surface area contributed by atoms with Gasteiger partial charge in [0.05, 0.1) is 12.6 Å². The number of nitrogens with two attached hydrogens (primary N) is 1. The quantitative estimate of drug-likeness (QED) is 0.635. The van der Waals surface area contributed by atoms with Crippen molar-refractivity contribution in [3.63, 3.8) is 0 Å². The van der Waals surface area contributed by atoms with E-state index in [0.29, 0.717) is 25.0 Å². The fraction of sp³-hybridized carbons (Fsp3) is 0.923. The monoisotopic (exact) mass is 280 g/mol. The Kier molecular flexibility index (Phi) is 13.1. The topological polar surface area (TPSA) is 64.3 Å². The molecule has 0 heterocycles. The van der Waals surface area contributed by atoms with Crippen molar-refractivity contribution in [1.29, 1.82) is 0 Å². The Bertz CT molecular complexity index is 211. The molecule has 0 aliphatic heterocycles. The molecule has 0 aliphatic carbocycles. The first-order chi connectivity index (χ1) is 7.93. The third-order valence-corrected chi connectivity index (χ3v) is 2.45. The summed E-state index contributed by atoms with van der Waals surface area (Å²) in [6.45, 7) is 10.3. The van der Waals surface area contributed by atoms with E-state index < -0.39 is 6.04 Å². The molecule has 0 bridgehead atoms. The Labute approximate surface area is 117 Å². The maximum absolute atomic E-state index is 11.5. The standard InChI is InChI=1S/C13H28N2O2.ClH/c1-10(2)5-7-17-8-6-15-13(16)12(14)9-11(3)4;/h10-12H,5-9,14H2,1-4H3,(H,15,16);1H/t12-;/m0./s1. The summed E-state index contributed by atoms with van der Waals surface area (Å²) in [7, 11) is 0. The van der Waals surface area contributed by atoms with Crippen molar-refractivity contribution in [2.24, 2.45) is 17.6 Å². The summed E-state index contributed by atoms with van der Waals surface area (Å²) >= 11 is 0. The van der Waals surface area contributed by atoms with Gasteiger partial charge in [0.25, 0.3) is 0 Å². The smallest absolute Gasteiger partial charge is 0.237 e. The molecule has 0 aromatic carbocycles. The van der Waals surface area contributed by atoms with E-state index in [2.05, 4.69) is 33.0 Å². The fourth-order valence-electron chi connectivity index (χ4n) is 1.41. The molecule has 0 aliphatic rings. The summed E-state index contributed by atoms with van der Waals surface area (Å²) in [5, 5.41) is 2.79. The molecular formula is C13H29ClN2O2. The van der Waals surface area contributed by atoms with Crippen LogP contribution in [0.25, 0.3) is 0 Å². The first kappa shape index (κ1) is 20.0. The minimum Gasteiger partial charge on any atom is -0.380 e. The summed E-state index contributed by atoms with van der Waals surface area (Å²) in [5.41, 5.74) is 5.75. The van der Waals surface area contributed by atoms with Crippen LogP contribution in [0.1, 0.15) is 40.5 Å². The van der Waals surface area contributed by atoms with Gasteiger partial charge < -0.3 is 15.8 Å². The van der Waals surface area contributed by atoms with Crippen molar-refractivity contribution in [1.82, 2.24) is 5.32 Å². The zero-order valence-electron chi connectivity index (χ0n) is 12.1. The Morgan fingerprint density at radius 2 is 1.78 bits per heavy atom. The number of hydrogen-bond donors (Lipinski definition) is 2. The number of carbonyl (C=O) groups is 1. The lowest BCUT2D eigenvalue weighted by Gasteiger charge is -2.14. The molecule has 4 nitrogen and oxygen atoms in total. The lowest BCUT2D eigenvalue weighted by Crippen LogP contribution is -2.42. The summed E-state index contributed by atoms with van der Waals surface area (Å²) in [5.74, 6) is 1.02. The van der Waals surface area contributed by atoms with Crippen LogP contribution in [0.5, 0.6) is 0 Å². The van der Waals surface area contributed by atoms with Crippen LogP contribution in [0.15, 0.2) is 0 Å².